The van der Waals surface area contributed by atoms with Gasteiger partial charge in [-0.2, -0.15) is 0 Å². The standard InChI is InChI=1S/C9H12N2O/c1-7-4-8(2)11(6-10-12)9(3)5-7/h4-6H,1-3H3/p+1. The summed E-state index contributed by atoms with van der Waals surface area (Å²) in [5, 5.41) is 11.4. The van der Waals surface area contributed by atoms with Gasteiger partial charge in [-0.25, -0.2) is 4.57 Å². The van der Waals surface area contributed by atoms with E-state index in [1.165, 1.54) is 11.9 Å². The molecule has 1 aromatic heterocycles. The molecule has 0 saturated heterocycles. The van der Waals surface area contributed by atoms with Crippen molar-refractivity contribution >= 4 is 6.34 Å². The van der Waals surface area contributed by atoms with Crippen LogP contribution >= 0.6 is 0 Å². The lowest BCUT2D eigenvalue weighted by Gasteiger charge is -2.01. The van der Waals surface area contributed by atoms with Crippen LogP contribution in [0.25, 0.3) is 0 Å². The first kappa shape index (κ1) is 8.71. The Morgan fingerprint density at radius 3 is 2.17 bits per heavy atom. The largest absolute Gasteiger partial charge is 0.338 e. The summed E-state index contributed by atoms with van der Waals surface area (Å²) < 4.78 is 1.83. The number of aryl methyl sites for hydroxylation is 3. The number of hydrogen-bond donors (Lipinski definition) is 1. The lowest BCUT2D eigenvalue weighted by molar-refractivity contribution is -0.562. The van der Waals surface area contributed by atoms with Crippen molar-refractivity contribution in [1.82, 2.24) is 0 Å². The highest BCUT2D eigenvalue weighted by molar-refractivity contribution is 5.43. The molecule has 3 heteroatoms. The fraction of sp³-hybridized carbons (Fsp3) is 0.333. The molecule has 0 bridgehead atoms. The van der Waals surface area contributed by atoms with Gasteiger partial charge in [0.15, 0.2) is 0 Å². The van der Waals surface area contributed by atoms with E-state index in [0.29, 0.717) is 0 Å². The van der Waals surface area contributed by atoms with Gasteiger partial charge in [-0.15, -0.1) is 0 Å². The highest BCUT2D eigenvalue weighted by Gasteiger charge is 2.04. The molecule has 0 spiro atoms. The van der Waals surface area contributed by atoms with Crippen molar-refractivity contribution in [2.45, 2.75) is 20.8 Å². The zero-order valence-electron chi connectivity index (χ0n) is 7.57. The third-order valence-corrected chi connectivity index (χ3v) is 1.80. The van der Waals surface area contributed by atoms with E-state index in [1.54, 1.807) is 0 Å². The van der Waals surface area contributed by atoms with Gasteiger partial charge in [-0.3, -0.25) is 0 Å². The smallest absolute Gasteiger partial charge is 0.313 e. The second kappa shape index (κ2) is 3.34. The van der Waals surface area contributed by atoms with Crippen molar-refractivity contribution in [3.8, 4) is 0 Å². The summed E-state index contributed by atoms with van der Waals surface area (Å²) in [5.41, 5.74) is 3.34. The van der Waals surface area contributed by atoms with E-state index in [9.17, 15) is 0 Å². The van der Waals surface area contributed by atoms with Crippen LogP contribution in [0.3, 0.4) is 0 Å². The molecule has 0 radical (unpaired) electrons. The number of oxime groups is 1. The first-order valence-corrected chi connectivity index (χ1v) is 3.82. The van der Waals surface area contributed by atoms with Crippen molar-refractivity contribution in [1.29, 1.82) is 0 Å². The van der Waals surface area contributed by atoms with Gasteiger partial charge in [0.05, 0.1) is 0 Å². The molecule has 0 aliphatic rings. The minimum absolute atomic E-state index is 1.06. The van der Waals surface area contributed by atoms with E-state index < -0.39 is 0 Å². The maximum Gasteiger partial charge on any atom is 0.338 e. The predicted octanol–water partition coefficient (Wildman–Crippen LogP) is 1.16. The molecule has 0 saturated carbocycles. The number of hydrogen-bond acceptors (Lipinski definition) is 2. The average Bonchev–Trinajstić information content (AvgIpc) is 1.96. The maximum atomic E-state index is 8.39. The number of rotatable bonds is 1. The molecule has 0 atom stereocenters. The Hall–Kier alpha value is -1.38. The number of nitrogens with zero attached hydrogens (tertiary/aromatic N) is 2. The van der Waals surface area contributed by atoms with Crippen LogP contribution in [0.4, 0.5) is 0 Å². The van der Waals surface area contributed by atoms with Crippen LogP contribution in [0.5, 0.6) is 0 Å². The molecule has 64 valence electrons. The highest BCUT2D eigenvalue weighted by atomic mass is 16.4. The molecule has 0 aliphatic heterocycles. The quantitative estimate of drug-likeness (QED) is 0.219. The topological polar surface area (TPSA) is 36.5 Å². The Balaban J connectivity index is 3.28. The normalized spacial score (nSPS) is 10.9. The monoisotopic (exact) mass is 165 g/mol. The van der Waals surface area contributed by atoms with Gasteiger partial charge in [0.1, 0.15) is 16.5 Å². The summed E-state index contributed by atoms with van der Waals surface area (Å²) in [6.07, 6.45) is 1.39. The number of aromatic nitrogens is 1. The van der Waals surface area contributed by atoms with E-state index in [1.807, 2.05) is 37.5 Å². The lowest BCUT2D eigenvalue weighted by Crippen LogP contribution is -2.40. The SMILES string of the molecule is Cc1cc(C)[n+](C=NO)c(C)c1. The Labute approximate surface area is 72.0 Å². The maximum absolute atomic E-state index is 8.39. The van der Waals surface area contributed by atoms with Crippen LogP contribution in [0.2, 0.25) is 0 Å². The van der Waals surface area contributed by atoms with Crippen LogP contribution in [-0.4, -0.2) is 11.5 Å². The second-order valence-electron chi connectivity index (χ2n) is 2.92. The molecule has 1 aromatic rings. The van der Waals surface area contributed by atoms with Gasteiger partial charge in [0.25, 0.3) is 0 Å². The van der Waals surface area contributed by atoms with Gasteiger partial charge in [-0.05, 0) is 38.5 Å². The van der Waals surface area contributed by atoms with Crippen LogP contribution in [-0.2, 0) is 0 Å². The van der Waals surface area contributed by atoms with E-state index in [0.717, 1.165) is 11.4 Å². The molecular formula is C9H13N2O+. The Morgan fingerprint density at radius 2 is 1.75 bits per heavy atom. The van der Waals surface area contributed by atoms with E-state index in [2.05, 4.69) is 5.16 Å². The first-order chi connectivity index (χ1) is 5.65. The van der Waals surface area contributed by atoms with Crippen LogP contribution in [0, 0.1) is 20.8 Å². The van der Waals surface area contributed by atoms with Crippen molar-refractivity contribution in [2.24, 2.45) is 5.16 Å². The molecule has 3 nitrogen and oxygen atoms in total. The van der Waals surface area contributed by atoms with Gasteiger partial charge >= 0.3 is 6.34 Å². The summed E-state index contributed by atoms with van der Waals surface area (Å²) in [7, 11) is 0. The van der Waals surface area contributed by atoms with Crippen molar-refractivity contribution in [3.05, 3.63) is 29.1 Å². The molecule has 1 heterocycles. The Morgan fingerprint density at radius 1 is 1.25 bits per heavy atom. The summed E-state index contributed by atoms with van der Waals surface area (Å²) in [5.74, 6) is 0. The zero-order chi connectivity index (χ0) is 9.14. The predicted molar refractivity (Wildman–Crippen MR) is 46.5 cm³/mol. The summed E-state index contributed by atoms with van der Waals surface area (Å²) in [4.78, 5) is 0. The molecule has 0 fully saturated rings. The second-order valence-corrected chi connectivity index (χ2v) is 2.92. The Bertz CT molecular complexity index is 295. The molecule has 0 unspecified atom stereocenters. The average molecular weight is 165 g/mol. The molecule has 0 aromatic carbocycles. The van der Waals surface area contributed by atoms with Crippen molar-refractivity contribution in [2.75, 3.05) is 0 Å². The minimum Gasteiger partial charge on any atom is -0.313 e. The molecule has 12 heavy (non-hydrogen) atoms. The fourth-order valence-corrected chi connectivity index (χ4v) is 1.35. The number of pyridine rings is 1. The summed E-state index contributed by atoms with van der Waals surface area (Å²) in [6.45, 7) is 5.99. The molecule has 1 rings (SSSR count). The highest BCUT2D eigenvalue weighted by Crippen LogP contribution is 1.99. The van der Waals surface area contributed by atoms with E-state index in [4.69, 9.17) is 5.21 Å². The van der Waals surface area contributed by atoms with Crippen molar-refractivity contribution in [3.63, 3.8) is 0 Å². The van der Waals surface area contributed by atoms with E-state index >= 15 is 0 Å². The van der Waals surface area contributed by atoms with Gasteiger partial charge in [0.2, 0.25) is 0 Å². The van der Waals surface area contributed by atoms with Crippen LogP contribution < -0.4 is 4.57 Å². The molecule has 1 N–H and O–H groups in total. The molecule has 0 aliphatic carbocycles. The van der Waals surface area contributed by atoms with Gasteiger partial charge in [-0.1, -0.05) is 0 Å². The first-order valence-electron chi connectivity index (χ1n) is 3.82. The third-order valence-electron chi connectivity index (χ3n) is 1.80. The zero-order valence-corrected chi connectivity index (χ0v) is 7.57. The minimum atomic E-state index is 1.06. The van der Waals surface area contributed by atoms with Crippen molar-refractivity contribution < 1.29 is 9.77 Å². The molecular weight excluding hydrogens is 152 g/mol. The van der Waals surface area contributed by atoms with Gasteiger partial charge in [0, 0.05) is 0 Å². The van der Waals surface area contributed by atoms with Crippen LogP contribution in [0.15, 0.2) is 17.3 Å². The van der Waals surface area contributed by atoms with Gasteiger partial charge < -0.3 is 5.21 Å². The Kier molecular flexibility index (Phi) is 2.43. The molecule has 0 amide bonds. The fourth-order valence-electron chi connectivity index (χ4n) is 1.35. The lowest BCUT2D eigenvalue weighted by atomic mass is 10.2. The summed E-state index contributed by atoms with van der Waals surface area (Å²) in [6, 6.07) is 4.07. The van der Waals surface area contributed by atoms with Crippen LogP contribution in [0.1, 0.15) is 17.0 Å². The summed E-state index contributed by atoms with van der Waals surface area (Å²) >= 11 is 0. The van der Waals surface area contributed by atoms with E-state index in [-0.39, 0.29) is 0 Å². The third kappa shape index (κ3) is 1.61.